The largest absolute Gasteiger partial charge is 0.353 e. The van der Waals surface area contributed by atoms with Gasteiger partial charge in [0.1, 0.15) is 6.04 Å². The van der Waals surface area contributed by atoms with Gasteiger partial charge >= 0.3 is 0 Å². The molecule has 6 nitrogen and oxygen atoms in total. The fourth-order valence-corrected chi connectivity index (χ4v) is 3.97. The molecule has 0 aliphatic carbocycles. The Hall–Kier alpha value is -1.44. The lowest BCUT2D eigenvalue weighted by Crippen LogP contribution is -2.55. The van der Waals surface area contributed by atoms with E-state index in [4.69, 9.17) is 5.73 Å². The molecular formula is C12H17N3O3S. The fraction of sp³-hybridized carbons (Fsp3) is 0.417. The van der Waals surface area contributed by atoms with Crippen LogP contribution in [0.25, 0.3) is 0 Å². The van der Waals surface area contributed by atoms with E-state index in [2.05, 4.69) is 5.32 Å². The summed E-state index contributed by atoms with van der Waals surface area (Å²) in [6, 6.07) is 5.90. The second-order valence-electron chi connectivity index (χ2n) is 4.39. The number of carbonyl (C=O) groups excluding carboxylic acids is 1. The van der Waals surface area contributed by atoms with Crippen molar-refractivity contribution in [2.45, 2.75) is 24.4 Å². The van der Waals surface area contributed by atoms with E-state index in [1.807, 2.05) is 0 Å². The van der Waals surface area contributed by atoms with Crippen molar-refractivity contribution in [2.75, 3.05) is 13.1 Å². The molecule has 7 heteroatoms. The highest BCUT2D eigenvalue weighted by Gasteiger charge is 2.36. The zero-order chi connectivity index (χ0) is 14.0. The molecule has 1 unspecified atom stereocenters. The van der Waals surface area contributed by atoms with E-state index in [0.29, 0.717) is 12.1 Å². The summed E-state index contributed by atoms with van der Waals surface area (Å²) in [6.45, 7) is 2.32. The molecule has 1 aliphatic rings. The predicted octanol–water partition coefficient (Wildman–Crippen LogP) is -0.346. The number of hydrogen-bond donors (Lipinski definition) is 2. The van der Waals surface area contributed by atoms with Crippen LogP contribution in [-0.2, 0) is 21.4 Å². The van der Waals surface area contributed by atoms with Crippen LogP contribution in [0.5, 0.6) is 0 Å². The van der Waals surface area contributed by atoms with E-state index in [0.717, 1.165) is 0 Å². The van der Waals surface area contributed by atoms with Crippen molar-refractivity contribution in [1.82, 2.24) is 9.62 Å². The highest BCUT2D eigenvalue weighted by atomic mass is 32.2. The van der Waals surface area contributed by atoms with Gasteiger partial charge in [-0.3, -0.25) is 4.79 Å². The van der Waals surface area contributed by atoms with Gasteiger partial charge in [-0.05, 0) is 18.6 Å². The van der Waals surface area contributed by atoms with Crippen LogP contribution in [0.15, 0.2) is 29.2 Å². The molecule has 1 heterocycles. The van der Waals surface area contributed by atoms with Crippen LogP contribution >= 0.6 is 0 Å². The third-order valence-corrected chi connectivity index (χ3v) is 5.29. The number of hydrogen-bond acceptors (Lipinski definition) is 4. The maximum absolute atomic E-state index is 12.6. The van der Waals surface area contributed by atoms with Gasteiger partial charge in [0.2, 0.25) is 15.9 Å². The molecule has 1 atom stereocenters. The first kappa shape index (κ1) is 14.0. The summed E-state index contributed by atoms with van der Waals surface area (Å²) in [5.74, 6) is -0.278. The van der Waals surface area contributed by atoms with Gasteiger partial charge in [-0.15, -0.1) is 0 Å². The third-order valence-electron chi connectivity index (χ3n) is 3.22. The Kier molecular flexibility index (Phi) is 3.88. The lowest BCUT2D eigenvalue weighted by molar-refractivity contribution is -0.126. The first-order valence-electron chi connectivity index (χ1n) is 6.06. The van der Waals surface area contributed by atoms with E-state index in [1.165, 1.54) is 10.4 Å². The van der Waals surface area contributed by atoms with Gasteiger partial charge < -0.3 is 11.1 Å². The number of nitrogens with two attached hydrogens (primary N) is 1. The van der Waals surface area contributed by atoms with Crippen molar-refractivity contribution >= 4 is 15.9 Å². The average molecular weight is 283 g/mol. The van der Waals surface area contributed by atoms with Gasteiger partial charge in [0, 0.05) is 19.6 Å². The molecule has 0 spiro atoms. The van der Waals surface area contributed by atoms with E-state index in [-0.39, 0.29) is 23.9 Å². The smallest absolute Gasteiger partial charge is 0.244 e. The number of nitrogens with zero attached hydrogens (tertiary/aromatic N) is 1. The monoisotopic (exact) mass is 283 g/mol. The van der Waals surface area contributed by atoms with E-state index < -0.39 is 16.1 Å². The van der Waals surface area contributed by atoms with Crippen LogP contribution in [0.3, 0.4) is 0 Å². The Bertz CT molecular complexity index is 586. The summed E-state index contributed by atoms with van der Waals surface area (Å²) in [7, 11) is -3.69. The molecule has 3 N–H and O–H groups in total. The lowest BCUT2D eigenvalue weighted by Gasteiger charge is -2.32. The SMILES string of the molecule is CC1C(=O)NCCN1S(=O)(=O)c1ccccc1CN. The molecular weight excluding hydrogens is 266 g/mol. The Balaban J connectivity index is 2.44. The summed E-state index contributed by atoms with van der Waals surface area (Å²) in [4.78, 5) is 11.8. The van der Waals surface area contributed by atoms with Gasteiger partial charge in [-0.1, -0.05) is 18.2 Å². The average Bonchev–Trinajstić information content (AvgIpc) is 2.41. The molecule has 0 radical (unpaired) electrons. The number of benzene rings is 1. The van der Waals surface area contributed by atoms with Crippen molar-refractivity contribution in [3.63, 3.8) is 0 Å². The standard InChI is InChI=1S/C12H17N3O3S/c1-9-12(16)14-6-7-15(9)19(17,18)11-5-3-2-4-10(11)8-13/h2-5,9H,6-8,13H2,1H3,(H,14,16). The minimum absolute atomic E-state index is 0.143. The molecule has 1 aromatic carbocycles. The van der Waals surface area contributed by atoms with Gasteiger partial charge in [0.15, 0.2) is 0 Å². The quantitative estimate of drug-likeness (QED) is 0.793. The molecule has 2 rings (SSSR count). The molecule has 0 bridgehead atoms. The van der Waals surface area contributed by atoms with Crippen LogP contribution in [0, 0.1) is 0 Å². The van der Waals surface area contributed by atoms with Crippen LogP contribution in [0.4, 0.5) is 0 Å². The maximum Gasteiger partial charge on any atom is 0.244 e. The Morgan fingerprint density at radius 2 is 2.11 bits per heavy atom. The molecule has 0 aromatic heterocycles. The zero-order valence-electron chi connectivity index (χ0n) is 10.7. The number of nitrogens with one attached hydrogen (secondary N) is 1. The van der Waals surface area contributed by atoms with Crippen LogP contribution < -0.4 is 11.1 Å². The minimum Gasteiger partial charge on any atom is -0.353 e. The van der Waals surface area contributed by atoms with Crippen LogP contribution in [-0.4, -0.2) is 37.8 Å². The van der Waals surface area contributed by atoms with Crippen molar-refractivity contribution in [3.05, 3.63) is 29.8 Å². The molecule has 1 saturated heterocycles. The minimum atomic E-state index is -3.69. The zero-order valence-corrected chi connectivity index (χ0v) is 11.5. The maximum atomic E-state index is 12.6. The molecule has 0 saturated carbocycles. The van der Waals surface area contributed by atoms with Crippen molar-refractivity contribution in [1.29, 1.82) is 0 Å². The van der Waals surface area contributed by atoms with Crippen molar-refractivity contribution < 1.29 is 13.2 Å². The van der Waals surface area contributed by atoms with Gasteiger partial charge in [0.05, 0.1) is 4.90 Å². The Labute approximate surface area is 112 Å². The van der Waals surface area contributed by atoms with Gasteiger partial charge in [-0.2, -0.15) is 4.31 Å². The molecule has 1 aliphatic heterocycles. The summed E-state index contributed by atoms with van der Waals surface area (Å²) in [6.07, 6.45) is 0. The highest BCUT2D eigenvalue weighted by molar-refractivity contribution is 7.89. The van der Waals surface area contributed by atoms with E-state index >= 15 is 0 Å². The fourth-order valence-electron chi connectivity index (χ4n) is 2.14. The first-order valence-corrected chi connectivity index (χ1v) is 7.50. The lowest BCUT2D eigenvalue weighted by atomic mass is 10.2. The first-order chi connectivity index (χ1) is 8.98. The molecule has 19 heavy (non-hydrogen) atoms. The number of amides is 1. The number of rotatable bonds is 3. The molecule has 1 amide bonds. The van der Waals surface area contributed by atoms with E-state index in [9.17, 15) is 13.2 Å². The third kappa shape index (κ3) is 2.49. The summed E-state index contributed by atoms with van der Waals surface area (Å²) >= 11 is 0. The predicted molar refractivity (Wildman–Crippen MR) is 70.7 cm³/mol. The second kappa shape index (κ2) is 5.28. The Morgan fingerprint density at radius 1 is 1.42 bits per heavy atom. The number of piperazine rings is 1. The van der Waals surface area contributed by atoms with Gasteiger partial charge in [0.25, 0.3) is 0 Å². The number of sulfonamides is 1. The van der Waals surface area contributed by atoms with Crippen LogP contribution in [0.1, 0.15) is 12.5 Å². The van der Waals surface area contributed by atoms with Crippen molar-refractivity contribution in [2.24, 2.45) is 5.73 Å². The molecule has 104 valence electrons. The van der Waals surface area contributed by atoms with Crippen LogP contribution in [0.2, 0.25) is 0 Å². The van der Waals surface area contributed by atoms with E-state index in [1.54, 1.807) is 25.1 Å². The topological polar surface area (TPSA) is 92.5 Å². The van der Waals surface area contributed by atoms with Crippen molar-refractivity contribution in [3.8, 4) is 0 Å². The normalized spacial score (nSPS) is 21.2. The second-order valence-corrected chi connectivity index (χ2v) is 6.25. The Morgan fingerprint density at radius 3 is 2.79 bits per heavy atom. The summed E-state index contributed by atoms with van der Waals surface area (Å²) in [5.41, 5.74) is 6.13. The summed E-state index contributed by atoms with van der Waals surface area (Å²) < 4.78 is 26.4. The summed E-state index contributed by atoms with van der Waals surface area (Å²) in [5, 5.41) is 2.64. The highest BCUT2D eigenvalue weighted by Crippen LogP contribution is 2.22. The molecule has 1 fully saturated rings. The van der Waals surface area contributed by atoms with Gasteiger partial charge in [-0.25, -0.2) is 8.42 Å². The number of carbonyl (C=O) groups is 1. The molecule has 1 aromatic rings.